The van der Waals surface area contributed by atoms with Crippen molar-refractivity contribution in [3.63, 3.8) is 0 Å². The first-order valence-corrected chi connectivity index (χ1v) is 5.60. The second-order valence-corrected chi connectivity index (χ2v) is 4.03. The van der Waals surface area contributed by atoms with Crippen LogP contribution in [0, 0.1) is 0 Å². The molecule has 0 saturated carbocycles. The number of carbonyl (C=O) groups is 1. The van der Waals surface area contributed by atoms with Gasteiger partial charge in [-0.3, -0.25) is 0 Å². The summed E-state index contributed by atoms with van der Waals surface area (Å²) in [5.41, 5.74) is 7.83. The summed E-state index contributed by atoms with van der Waals surface area (Å²) in [5.74, 6) is 0. The van der Waals surface area contributed by atoms with Crippen molar-refractivity contribution in [2.75, 3.05) is 13.1 Å². The number of rotatable bonds is 3. The molecule has 0 unspecified atom stereocenters. The van der Waals surface area contributed by atoms with Gasteiger partial charge in [-0.2, -0.15) is 0 Å². The molecule has 2 amide bonds. The summed E-state index contributed by atoms with van der Waals surface area (Å²) in [4.78, 5) is 13.4. The number of carbonyl (C=O) groups excluding carboxylic acids is 1. The van der Waals surface area contributed by atoms with E-state index in [9.17, 15) is 4.79 Å². The molecule has 86 valence electrons. The van der Waals surface area contributed by atoms with Crippen molar-refractivity contribution >= 4 is 6.03 Å². The zero-order valence-corrected chi connectivity index (χ0v) is 9.28. The van der Waals surface area contributed by atoms with E-state index in [1.807, 2.05) is 23.1 Å². The number of nitrogens with two attached hydrogens (primary N) is 1. The highest BCUT2D eigenvalue weighted by Gasteiger charge is 2.17. The first-order valence-electron chi connectivity index (χ1n) is 5.60. The molecule has 4 heteroatoms. The minimum Gasteiger partial charge on any atom is -0.338 e. The maximum absolute atomic E-state index is 11.5. The van der Waals surface area contributed by atoms with Crippen molar-refractivity contribution in [1.82, 2.24) is 10.2 Å². The first-order chi connectivity index (χ1) is 7.79. The second kappa shape index (κ2) is 4.99. The Bertz CT molecular complexity index is 378. The van der Waals surface area contributed by atoms with Gasteiger partial charge in [0.2, 0.25) is 0 Å². The summed E-state index contributed by atoms with van der Waals surface area (Å²) >= 11 is 0. The van der Waals surface area contributed by atoms with Crippen LogP contribution >= 0.6 is 0 Å². The van der Waals surface area contributed by atoms with Crippen molar-refractivity contribution in [1.29, 1.82) is 0 Å². The summed E-state index contributed by atoms with van der Waals surface area (Å²) < 4.78 is 0. The third-order valence-corrected chi connectivity index (χ3v) is 2.77. The number of nitrogens with zero attached hydrogens (tertiary/aromatic N) is 1. The Balaban J connectivity index is 2.04. The van der Waals surface area contributed by atoms with Gasteiger partial charge in [0.05, 0.1) is 0 Å². The van der Waals surface area contributed by atoms with Gasteiger partial charge in [-0.1, -0.05) is 24.3 Å². The molecule has 0 spiro atoms. The normalized spacial score (nSPS) is 16.1. The Hall–Kier alpha value is -1.55. The topological polar surface area (TPSA) is 58.4 Å². The van der Waals surface area contributed by atoms with Gasteiger partial charge in [-0.05, 0) is 17.5 Å². The van der Waals surface area contributed by atoms with Crippen molar-refractivity contribution in [3.05, 3.63) is 35.4 Å². The highest BCUT2D eigenvalue weighted by molar-refractivity contribution is 5.74. The minimum atomic E-state index is 0.0319. The molecule has 0 radical (unpaired) electrons. The number of hydrogen-bond donors (Lipinski definition) is 2. The lowest BCUT2D eigenvalue weighted by molar-refractivity contribution is 0.183. The molecular weight excluding hydrogens is 202 g/mol. The predicted molar refractivity (Wildman–Crippen MR) is 62.8 cm³/mol. The summed E-state index contributed by atoms with van der Waals surface area (Å²) in [6.07, 6.45) is 1.02. The molecule has 1 aliphatic heterocycles. The van der Waals surface area contributed by atoms with E-state index in [2.05, 4.69) is 11.4 Å². The molecule has 1 saturated heterocycles. The van der Waals surface area contributed by atoms with Crippen molar-refractivity contribution < 1.29 is 4.79 Å². The molecular formula is C12H17N3O. The third kappa shape index (κ3) is 2.52. The van der Waals surface area contributed by atoms with Crippen molar-refractivity contribution in [2.45, 2.75) is 19.5 Å². The smallest absolute Gasteiger partial charge is 0.317 e. The largest absolute Gasteiger partial charge is 0.338 e. The van der Waals surface area contributed by atoms with E-state index in [4.69, 9.17) is 5.73 Å². The number of amides is 2. The molecule has 2 rings (SSSR count). The molecule has 1 aromatic carbocycles. The quantitative estimate of drug-likeness (QED) is 0.798. The lowest BCUT2D eigenvalue weighted by atomic mass is 10.1. The Labute approximate surface area is 95.4 Å². The summed E-state index contributed by atoms with van der Waals surface area (Å²) in [6.45, 7) is 2.83. The molecule has 0 aromatic heterocycles. The Morgan fingerprint density at radius 2 is 2.19 bits per heavy atom. The van der Waals surface area contributed by atoms with Gasteiger partial charge < -0.3 is 16.0 Å². The fourth-order valence-electron chi connectivity index (χ4n) is 1.90. The summed E-state index contributed by atoms with van der Waals surface area (Å²) in [6, 6.07) is 8.10. The van der Waals surface area contributed by atoms with Crippen LogP contribution in [0.3, 0.4) is 0 Å². The summed E-state index contributed by atoms with van der Waals surface area (Å²) in [5, 5.41) is 2.84. The molecule has 0 atom stereocenters. The number of urea groups is 1. The van der Waals surface area contributed by atoms with Crippen LogP contribution in [-0.4, -0.2) is 24.0 Å². The maximum atomic E-state index is 11.5. The van der Waals surface area contributed by atoms with E-state index in [1.165, 1.54) is 0 Å². The van der Waals surface area contributed by atoms with Crippen molar-refractivity contribution in [3.8, 4) is 0 Å². The Morgan fingerprint density at radius 3 is 2.94 bits per heavy atom. The van der Waals surface area contributed by atoms with Gasteiger partial charge in [0.25, 0.3) is 0 Å². The van der Waals surface area contributed by atoms with E-state index in [0.29, 0.717) is 13.1 Å². The number of nitrogens with one attached hydrogen (secondary N) is 1. The SMILES string of the molecule is NCc1cccc(CN2CCCNC2=O)c1. The Morgan fingerprint density at radius 1 is 1.38 bits per heavy atom. The molecule has 1 fully saturated rings. The van der Waals surface area contributed by atoms with Gasteiger partial charge in [0, 0.05) is 26.2 Å². The van der Waals surface area contributed by atoms with Gasteiger partial charge in [-0.15, -0.1) is 0 Å². The van der Waals surface area contributed by atoms with Gasteiger partial charge in [-0.25, -0.2) is 4.79 Å². The zero-order valence-electron chi connectivity index (χ0n) is 9.28. The fraction of sp³-hybridized carbons (Fsp3) is 0.417. The standard InChI is InChI=1S/C12H17N3O/c13-8-10-3-1-4-11(7-10)9-15-6-2-5-14-12(15)16/h1,3-4,7H,2,5-6,8-9,13H2,(H,14,16). The van der Waals surface area contributed by atoms with E-state index in [-0.39, 0.29) is 6.03 Å². The van der Waals surface area contributed by atoms with E-state index < -0.39 is 0 Å². The summed E-state index contributed by atoms with van der Waals surface area (Å²) in [7, 11) is 0. The highest BCUT2D eigenvalue weighted by Crippen LogP contribution is 2.10. The van der Waals surface area contributed by atoms with Crippen LogP contribution < -0.4 is 11.1 Å². The Kier molecular flexibility index (Phi) is 3.41. The predicted octanol–water partition coefficient (Wildman–Crippen LogP) is 1.06. The lowest BCUT2D eigenvalue weighted by Crippen LogP contribution is -2.45. The van der Waals surface area contributed by atoms with Crippen LogP contribution in [0.15, 0.2) is 24.3 Å². The van der Waals surface area contributed by atoms with Crippen LogP contribution in [0.2, 0.25) is 0 Å². The van der Waals surface area contributed by atoms with E-state index in [0.717, 1.165) is 30.6 Å². The van der Waals surface area contributed by atoms with Crippen LogP contribution in [-0.2, 0) is 13.1 Å². The number of benzene rings is 1. The average molecular weight is 219 g/mol. The molecule has 1 aliphatic rings. The molecule has 4 nitrogen and oxygen atoms in total. The number of hydrogen-bond acceptors (Lipinski definition) is 2. The van der Waals surface area contributed by atoms with Gasteiger partial charge in [0.1, 0.15) is 0 Å². The highest BCUT2D eigenvalue weighted by atomic mass is 16.2. The first kappa shape index (κ1) is 11.0. The maximum Gasteiger partial charge on any atom is 0.317 e. The van der Waals surface area contributed by atoms with Crippen LogP contribution in [0.1, 0.15) is 17.5 Å². The van der Waals surface area contributed by atoms with Gasteiger partial charge >= 0.3 is 6.03 Å². The fourth-order valence-corrected chi connectivity index (χ4v) is 1.90. The molecule has 0 bridgehead atoms. The monoisotopic (exact) mass is 219 g/mol. The zero-order chi connectivity index (χ0) is 11.4. The van der Waals surface area contributed by atoms with E-state index >= 15 is 0 Å². The van der Waals surface area contributed by atoms with E-state index in [1.54, 1.807) is 0 Å². The second-order valence-electron chi connectivity index (χ2n) is 4.03. The average Bonchev–Trinajstić information content (AvgIpc) is 2.32. The lowest BCUT2D eigenvalue weighted by Gasteiger charge is -2.27. The van der Waals surface area contributed by atoms with Crippen LogP contribution in [0.5, 0.6) is 0 Å². The molecule has 16 heavy (non-hydrogen) atoms. The van der Waals surface area contributed by atoms with Crippen LogP contribution in [0.4, 0.5) is 4.79 Å². The van der Waals surface area contributed by atoms with Gasteiger partial charge in [0.15, 0.2) is 0 Å². The van der Waals surface area contributed by atoms with Crippen LogP contribution in [0.25, 0.3) is 0 Å². The minimum absolute atomic E-state index is 0.0319. The molecule has 3 N–H and O–H groups in total. The van der Waals surface area contributed by atoms with Crippen molar-refractivity contribution in [2.24, 2.45) is 5.73 Å². The molecule has 1 aromatic rings. The molecule has 1 heterocycles. The molecule has 0 aliphatic carbocycles. The third-order valence-electron chi connectivity index (χ3n) is 2.77.